The minimum atomic E-state index is -1.08. The summed E-state index contributed by atoms with van der Waals surface area (Å²) in [5.74, 6) is 0.300. The molecule has 5 nitrogen and oxygen atoms in total. The second-order valence-corrected chi connectivity index (χ2v) is 8.63. The minimum Gasteiger partial charge on any atom is -0.321 e. The fraction of sp³-hybridized carbons (Fsp3) is 0.444. The van der Waals surface area contributed by atoms with E-state index in [2.05, 4.69) is 10.4 Å². The van der Waals surface area contributed by atoms with Crippen molar-refractivity contribution in [2.24, 2.45) is 0 Å². The molecule has 0 bridgehead atoms. The third-order valence-corrected chi connectivity index (χ3v) is 4.93. The van der Waals surface area contributed by atoms with E-state index < -0.39 is 10.8 Å². The molecule has 1 saturated carbocycles. The van der Waals surface area contributed by atoms with Crippen LogP contribution in [0, 0.1) is 0 Å². The molecule has 1 aromatic carbocycles. The Morgan fingerprint density at radius 2 is 2.00 bits per heavy atom. The van der Waals surface area contributed by atoms with Crippen LogP contribution in [0.3, 0.4) is 0 Å². The van der Waals surface area contributed by atoms with Gasteiger partial charge in [0.25, 0.3) is 5.91 Å². The lowest BCUT2D eigenvalue weighted by molar-refractivity contribution is 0.100. The molecule has 24 heavy (non-hydrogen) atoms. The number of hydrogen-bond acceptors (Lipinski definition) is 3. The Bertz CT molecular complexity index is 801. The Labute approximate surface area is 144 Å². The summed E-state index contributed by atoms with van der Waals surface area (Å²) in [5.41, 5.74) is 1.93. The number of carbonyl (C=O) groups is 1. The van der Waals surface area contributed by atoms with Gasteiger partial charge >= 0.3 is 0 Å². The summed E-state index contributed by atoms with van der Waals surface area (Å²) in [6.07, 6.45) is 3.91. The maximum atomic E-state index is 12.8. The molecule has 1 fully saturated rings. The molecule has 1 aromatic heterocycles. The molecular formula is C18H23N3O2S. The molecular weight excluding hydrogens is 322 g/mol. The molecule has 0 unspecified atom stereocenters. The summed E-state index contributed by atoms with van der Waals surface area (Å²) in [4.78, 5) is 13.5. The van der Waals surface area contributed by atoms with Crippen LogP contribution in [0.4, 0.5) is 5.69 Å². The van der Waals surface area contributed by atoms with Crippen LogP contribution >= 0.6 is 0 Å². The number of aromatic nitrogens is 2. The summed E-state index contributed by atoms with van der Waals surface area (Å²) in [6.45, 7) is 6.11. The number of anilines is 1. The van der Waals surface area contributed by atoms with Gasteiger partial charge in [0.2, 0.25) is 0 Å². The van der Waals surface area contributed by atoms with Gasteiger partial charge in [-0.2, -0.15) is 5.10 Å². The quantitative estimate of drug-likeness (QED) is 0.922. The lowest BCUT2D eigenvalue weighted by Crippen LogP contribution is -2.29. The van der Waals surface area contributed by atoms with Crippen LogP contribution in [-0.2, 0) is 16.3 Å². The second kappa shape index (κ2) is 6.16. The first-order chi connectivity index (χ1) is 11.3. The van der Waals surface area contributed by atoms with Crippen LogP contribution in [0.1, 0.15) is 55.7 Å². The highest BCUT2D eigenvalue weighted by Gasteiger charge is 2.31. The zero-order chi connectivity index (χ0) is 17.5. The lowest BCUT2D eigenvalue weighted by Gasteiger charge is -2.22. The molecule has 1 atom stereocenters. The van der Waals surface area contributed by atoms with E-state index in [1.54, 1.807) is 35.2 Å². The van der Waals surface area contributed by atoms with Crippen LogP contribution in [-0.4, -0.2) is 26.2 Å². The lowest BCUT2D eigenvalue weighted by atomic mass is 10.1. The van der Waals surface area contributed by atoms with E-state index in [1.807, 2.05) is 26.8 Å². The highest BCUT2D eigenvalue weighted by atomic mass is 32.2. The van der Waals surface area contributed by atoms with Crippen molar-refractivity contribution >= 4 is 22.4 Å². The maximum absolute atomic E-state index is 12.8. The fourth-order valence-electron chi connectivity index (χ4n) is 2.60. The summed E-state index contributed by atoms with van der Waals surface area (Å²) in [7, 11) is -1.08. The van der Waals surface area contributed by atoms with Gasteiger partial charge in [0.1, 0.15) is 5.69 Å². The number of amides is 1. The van der Waals surface area contributed by atoms with E-state index >= 15 is 0 Å². The SMILES string of the molecule is C[S@](=O)c1cccc(NC(=O)c2cc(C3CC3)nn2C(C)(C)C)c1. The first kappa shape index (κ1) is 16.9. The molecule has 0 saturated heterocycles. The van der Waals surface area contributed by atoms with E-state index in [4.69, 9.17) is 0 Å². The van der Waals surface area contributed by atoms with Crippen molar-refractivity contribution < 1.29 is 9.00 Å². The van der Waals surface area contributed by atoms with E-state index in [0.29, 0.717) is 22.2 Å². The number of nitrogens with zero attached hydrogens (tertiary/aromatic N) is 2. The normalized spacial score (nSPS) is 16.0. The van der Waals surface area contributed by atoms with Crippen molar-refractivity contribution in [2.45, 2.75) is 50.0 Å². The smallest absolute Gasteiger partial charge is 0.273 e. The van der Waals surface area contributed by atoms with E-state index in [1.165, 1.54) is 0 Å². The van der Waals surface area contributed by atoms with E-state index in [-0.39, 0.29) is 11.4 Å². The second-order valence-electron chi connectivity index (χ2n) is 7.25. The van der Waals surface area contributed by atoms with Gasteiger partial charge in [-0.05, 0) is 57.9 Å². The Balaban J connectivity index is 1.89. The maximum Gasteiger partial charge on any atom is 0.273 e. The zero-order valence-corrected chi connectivity index (χ0v) is 15.3. The van der Waals surface area contributed by atoms with Crippen molar-refractivity contribution in [1.82, 2.24) is 9.78 Å². The van der Waals surface area contributed by atoms with Crippen molar-refractivity contribution in [3.05, 3.63) is 41.7 Å². The van der Waals surface area contributed by atoms with Gasteiger partial charge in [0.05, 0.1) is 11.2 Å². The predicted molar refractivity (Wildman–Crippen MR) is 95.9 cm³/mol. The molecule has 0 aliphatic heterocycles. The third kappa shape index (κ3) is 3.59. The average Bonchev–Trinajstić information content (AvgIpc) is 3.24. The Morgan fingerprint density at radius 3 is 2.58 bits per heavy atom. The first-order valence-corrected chi connectivity index (χ1v) is 9.67. The van der Waals surface area contributed by atoms with Gasteiger partial charge in [-0.25, -0.2) is 0 Å². The van der Waals surface area contributed by atoms with Crippen molar-refractivity contribution in [3.8, 4) is 0 Å². The Morgan fingerprint density at radius 1 is 1.29 bits per heavy atom. The molecule has 1 heterocycles. The molecule has 1 aliphatic carbocycles. The van der Waals surface area contributed by atoms with Crippen LogP contribution in [0.15, 0.2) is 35.2 Å². The molecule has 2 aromatic rings. The van der Waals surface area contributed by atoms with Crippen molar-refractivity contribution in [1.29, 1.82) is 0 Å². The Hall–Kier alpha value is -1.95. The number of carbonyl (C=O) groups excluding carboxylic acids is 1. The summed E-state index contributed by atoms with van der Waals surface area (Å²) < 4.78 is 13.4. The number of benzene rings is 1. The fourth-order valence-corrected chi connectivity index (χ4v) is 3.16. The average molecular weight is 345 g/mol. The molecule has 3 rings (SSSR count). The summed E-state index contributed by atoms with van der Waals surface area (Å²) >= 11 is 0. The molecule has 1 aliphatic rings. The molecule has 128 valence electrons. The molecule has 1 amide bonds. The largest absolute Gasteiger partial charge is 0.321 e. The zero-order valence-electron chi connectivity index (χ0n) is 14.5. The van der Waals surface area contributed by atoms with Gasteiger partial charge in [-0.3, -0.25) is 13.7 Å². The van der Waals surface area contributed by atoms with Crippen LogP contribution in [0.5, 0.6) is 0 Å². The highest BCUT2D eigenvalue weighted by molar-refractivity contribution is 7.84. The van der Waals surface area contributed by atoms with Crippen LogP contribution in [0.25, 0.3) is 0 Å². The van der Waals surface area contributed by atoms with Gasteiger partial charge < -0.3 is 5.32 Å². The number of rotatable bonds is 4. The monoisotopic (exact) mass is 345 g/mol. The standard InChI is InChI=1S/C18H23N3O2S/c1-18(2,3)21-16(11-15(20-21)12-8-9-12)17(22)19-13-6-5-7-14(10-13)24(4)23/h5-7,10-12H,8-9H2,1-4H3,(H,19,22)/t24-/m0/s1. The van der Waals surface area contributed by atoms with Gasteiger partial charge in [0.15, 0.2) is 0 Å². The molecule has 0 spiro atoms. The van der Waals surface area contributed by atoms with Gasteiger partial charge in [0, 0.05) is 33.6 Å². The van der Waals surface area contributed by atoms with E-state index in [0.717, 1.165) is 18.5 Å². The topological polar surface area (TPSA) is 64.0 Å². The van der Waals surface area contributed by atoms with Gasteiger partial charge in [-0.1, -0.05) is 6.07 Å². The molecule has 6 heteroatoms. The predicted octanol–water partition coefficient (Wildman–Crippen LogP) is 3.51. The first-order valence-electron chi connectivity index (χ1n) is 8.11. The van der Waals surface area contributed by atoms with Gasteiger partial charge in [-0.15, -0.1) is 0 Å². The summed E-state index contributed by atoms with van der Waals surface area (Å²) in [6, 6.07) is 9.03. The molecule has 1 N–H and O–H groups in total. The van der Waals surface area contributed by atoms with Crippen molar-refractivity contribution in [2.75, 3.05) is 11.6 Å². The molecule has 0 radical (unpaired) electrons. The number of hydrogen-bond donors (Lipinski definition) is 1. The summed E-state index contributed by atoms with van der Waals surface area (Å²) in [5, 5.41) is 7.56. The van der Waals surface area contributed by atoms with Crippen LogP contribution < -0.4 is 5.32 Å². The third-order valence-electron chi connectivity index (χ3n) is 4.02. The van der Waals surface area contributed by atoms with E-state index in [9.17, 15) is 9.00 Å². The highest BCUT2D eigenvalue weighted by Crippen LogP contribution is 2.40. The number of nitrogens with one attached hydrogen (secondary N) is 1. The van der Waals surface area contributed by atoms with Crippen molar-refractivity contribution in [3.63, 3.8) is 0 Å². The Kier molecular flexibility index (Phi) is 4.34. The van der Waals surface area contributed by atoms with Crippen LogP contribution in [0.2, 0.25) is 0 Å². The minimum absolute atomic E-state index is 0.191.